The predicted octanol–water partition coefficient (Wildman–Crippen LogP) is 4.00. The molecule has 0 bridgehead atoms. The minimum Gasteiger partial charge on any atom is -0.282 e. The molecule has 2 aromatic carbocycles. The maximum absolute atomic E-state index is 11.4. The van der Waals surface area contributed by atoms with Crippen LogP contribution >= 0.6 is 12.0 Å². The van der Waals surface area contributed by atoms with Gasteiger partial charge in [-0.1, -0.05) is 5.04 Å². The zero-order valence-electron chi connectivity index (χ0n) is 11.6. The molecule has 0 aliphatic heterocycles. The van der Waals surface area contributed by atoms with Crippen molar-refractivity contribution in [1.82, 2.24) is 0 Å². The summed E-state index contributed by atoms with van der Waals surface area (Å²) in [6, 6.07) is 8.12. The molecular formula is C12H8N4O6S2+2. The molecule has 0 aliphatic rings. The van der Waals surface area contributed by atoms with E-state index < -0.39 is 15.0 Å². The zero-order chi connectivity index (χ0) is 17.7. The van der Waals surface area contributed by atoms with E-state index in [2.05, 4.69) is 19.3 Å². The third-order valence-electron chi connectivity index (χ3n) is 2.90. The van der Waals surface area contributed by atoms with E-state index in [1.54, 1.807) is 0 Å². The molecular weight excluding hydrogens is 360 g/mol. The van der Waals surface area contributed by atoms with Crippen LogP contribution in [-0.4, -0.2) is 18.2 Å². The van der Waals surface area contributed by atoms with Gasteiger partial charge in [-0.15, -0.1) is 4.33 Å². The van der Waals surface area contributed by atoms with E-state index in [1.807, 2.05) is 0 Å². The highest BCUT2D eigenvalue weighted by Crippen LogP contribution is 2.36. The fourth-order valence-electron chi connectivity index (χ4n) is 1.88. The van der Waals surface area contributed by atoms with Crippen molar-refractivity contribution in [3.05, 3.63) is 46.4 Å². The van der Waals surface area contributed by atoms with E-state index in [-0.39, 0.29) is 16.3 Å². The number of diazo groups is 2. The van der Waals surface area contributed by atoms with Crippen LogP contribution in [0.2, 0.25) is 0 Å². The summed E-state index contributed by atoms with van der Waals surface area (Å²) in [5, 5.41) is 29.4. The van der Waals surface area contributed by atoms with Crippen molar-refractivity contribution in [2.45, 2.75) is 9.79 Å². The lowest BCUT2D eigenvalue weighted by molar-refractivity contribution is -0.432. The van der Waals surface area contributed by atoms with E-state index in [4.69, 9.17) is 16.0 Å². The molecule has 0 atom stereocenters. The first-order chi connectivity index (χ1) is 11.4. The van der Waals surface area contributed by atoms with Gasteiger partial charge in [-0.2, -0.15) is 8.42 Å². The molecule has 0 spiro atoms. The molecule has 0 aromatic heterocycles. The topological polar surface area (TPSA) is 149 Å². The third kappa shape index (κ3) is 3.84. The van der Waals surface area contributed by atoms with Crippen LogP contribution in [0, 0.1) is 10.8 Å². The monoisotopic (exact) mass is 368 g/mol. The van der Waals surface area contributed by atoms with Gasteiger partial charge in [0.25, 0.3) is 0 Å². The summed E-state index contributed by atoms with van der Waals surface area (Å²) in [4.78, 5) is 5.48. The third-order valence-corrected chi connectivity index (χ3v) is 4.42. The Labute approximate surface area is 139 Å². The van der Waals surface area contributed by atoms with Crippen LogP contribution in [0.25, 0.3) is 21.1 Å². The lowest BCUT2D eigenvalue weighted by Gasteiger charge is -2.03. The molecule has 0 radical (unpaired) electrons. The Morgan fingerprint density at radius 3 is 2.12 bits per heavy atom. The summed E-state index contributed by atoms with van der Waals surface area (Å²) in [6.07, 6.45) is 0. The highest BCUT2D eigenvalue weighted by molar-refractivity contribution is 7.94. The predicted molar refractivity (Wildman–Crippen MR) is 81.8 cm³/mol. The minimum atomic E-state index is -4.61. The van der Waals surface area contributed by atoms with Crippen LogP contribution < -0.4 is 0 Å². The van der Waals surface area contributed by atoms with Crippen LogP contribution in [0.4, 0.5) is 11.4 Å². The van der Waals surface area contributed by atoms with Gasteiger partial charge in [0.1, 0.15) is 4.90 Å². The SMILES string of the molecule is N#[N+]c1ccc(-c2ccc([N+]#N)c(S(=O)(=O)O)c2)cc1SOOO. The second kappa shape index (κ2) is 7.33. The van der Waals surface area contributed by atoms with E-state index in [1.165, 1.54) is 30.3 Å². The number of rotatable bonds is 5. The van der Waals surface area contributed by atoms with Crippen molar-refractivity contribution in [2.24, 2.45) is 0 Å². The van der Waals surface area contributed by atoms with Crippen molar-refractivity contribution in [3.8, 4) is 11.1 Å². The fourth-order valence-corrected chi connectivity index (χ4v) is 3.00. The first kappa shape index (κ1) is 17.8. The largest absolute Gasteiger partial charge is 0.406 e. The van der Waals surface area contributed by atoms with Gasteiger partial charge in [-0.25, -0.2) is 5.26 Å². The van der Waals surface area contributed by atoms with E-state index >= 15 is 0 Å². The van der Waals surface area contributed by atoms with Gasteiger partial charge < -0.3 is 0 Å². The molecule has 0 fully saturated rings. The summed E-state index contributed by atoms with van der Waals surface area (Å²) >= 11 is 0.546. The average Bonchev–Trinajstić information content (AvgIpc) is 2.58. The molecule has 24 heavy (non-hydrogen) atoms. The lowest BCUT2D eigenvalue weighted by Crippen LogP contribution is -1.98. The van der Waals surface area contributed by atoms with Gasteiger partial charge in [-0.3, -0.25) is 4.55 Å². The molecule has 0 aliphatic carbocycles. The van der Waals surface area contributed by atoms with Gasteiger partial charge >= 0.3 is 21.5 Å². The van der Waals surface area contributed by atoms with Crippen molar-refractivity contribution >= 4 is 33.5 Å². The second-order valence-electron chi connectivity index (χ2n) is 4.27. The van der Waals surface area contributed by atoms with Crippen molar-refractivity contribution in [3.63, 3.8) is 0 Å². The molecule has 2 N–H and O–H groups in total. The summed E-state index contributed by atoms with van der Waals surface area (Å²) in [5.74, 6) is 0. The molecule has 0 amide bonds. The Balaban J connectivity index is 2.57. The zero-order valence-corrected chi connectivity index (χ0v) is 13.2. The van der Waals surface area contributed by atoms with E-state index in [9.17, 15) is 13.0 Å². The number of hydrogen-bond donors (Lipinski definition) is 2. The first-order valence-corrected chi connectivity index (χ1v) is 8.19. The van der Waals surface area contributed by atoms with Crippen LogP contribution in [0.15, 0.2) is 46.2 Å². The summed E-state index contributed by atoms with van der Waals surface area (Å²) < 4.78 is 36.2. The van der Waals surface area contributed by atoms with E-state index in [0.717, 1.165) is 6.07 Å². The van der Waals surface area contributed by atoms with Gasteiger partial charge in [0.05, 0.1) is 12.0 Å². The molecule has 0 unspecified atom stereocenters. The Bertz CT molecular complexity index is 964. The molecule has 0 saturated carbocycles. The van der Waals surface area contributed by atoms with Crippen molar-refractivity contribution in [2.75, 3.05) is 0 Å². The Hall–Kier alpha value is -2.58. The first-order valence-electron chi connectivity index (χ1n) is 6.01. The summed E-state index contributed by atoms with van der Waals surface area (Å²) in [7, 11) is -4.61. The standard InChI is InChI=1S/C12H6N4O6S2/c13-15-9-3-1-7(5-11(9)23-22-21-17)8-2-4-10(16-14)12(6-8)24(18,19)20/h1-6H/p+2. The molecule has 2 rings (SSSR count). The smallest absolute Gasteiger partial charge is 0.282 e. The Kier molecular flexibility index (Phi) is 5.42. The lowest BCUT2D eigenvalue weighted by atomic mass is 10.1. The molecule has 10 nitrogen and oxygen atoms in total. The van der Waals surface area contributed by atoms with Gasteiger partial charge in [0.15, 0.2) is 14.8 Å². The highest BCUT2D eigenvalue weighted by Gasteiger charge is 2.26. The van der Waals surface area contributed by atoms with Crippen LogP contribution in [0.5, 0.6) is 0 Å². The van der Waals surface area contributed by atoms with Crippen LogP contribution in [0.3, 0.4) is 0 Å². The Morgan fingerprint density at radius 1 is 1.00 bits per heavy atom. The van der Waals surface area contributed by atoms with Crippen molar-refractivity contribution < 1.29 is 27.6 Å². The van der Waals surface area contributed by atoms with E-state index in [0.29, 0.717) is 23.2 Å². The summed E-state index contributed by atoms with van der Waals surface area (Å²) in [5.41, 5.74) is 0.597. The molecule has 2 aromatic rings. The molecule has 0 saturated heterocycles. The van der Waals surface area contributed by atoms with Crippen molar-refractivity contribution in [1.29, 1.82) is 10.8 Å². The van der Waals surface area contributed by atoms with Crippen LogP contribution in [-0.2, 0) is 19.5 Å². The molecule has 12 heteroatoms. The normalized spacial score (nSPS) is 10.8. The minimum absolute atomic E-state index is 0.109. The summed E-state index contributed by atoms with van der Waals surface area (Å²) in [6.45, 7) is 0. The number of hydrogen-bond acceptors (Lipinski definition) is 8. The Morgan fingerprint density at radius 2 is 1.58 bits per heavy atom. The highest BCUT2D eigenvalue weighted by atomic mass is 32.2. The van der Waals surface area contributed by atoms with Gasteiger partial charge in [0.2, 0.25) is 10.8 Å². The average molecular weight is 368 g/mol. The quantitative estimate of drug-likeness (QED) is 0.262. The fraction of sp³-hybridized carbons (Fsp3) is 0. The number of benzene rings is 2. The van der Waals surface area contributed by atoms with Crippen LogP contribution in [0.1, 0.15) is 0 Å². The molecule has 0 heterocycles. The maximum Gasteiger partial charge on any atom is 0.406 e. The maximum atomic E-state index is 11.4. The van der Waals surface area contributed by atoms with Gasteiger partial charge in [-0.05, 0) is 35.4 Å². The molecule has 122 valence electrons. The second-order valence-corrected chi connectivity index (χ2v) is 6.40. The number of nitrogens with zero attached hydrogens (tertiary/aromatic N) is 4. The van der Waals surface area contributed by atoms with Gasteiger partial charge in [0, 0.05) is 12.1 Å².